The minimum absolute atomic E-state index is 0.187. The quantitative estimate of drug-likeness (QED) is 0.595. The van der Waals surface area contributed by atoms with E-state index in [4.69, 9.17) is 16.3 Å². The number of carbonyl (C=O) groups is 3. The van der Waals surface area contributed by atoms with E-state index in [2.05, 4.69) is 16.0 Å². The molecule has 32 heavy (non-hydrogen) atoms. The number of hydrogen-bond donors (Lipinski definition) is 3. The van der Waals surface area contributed by atoms with Gasteiger partial charge in [-0.05, 0) is 55.5 Å². The second-order valence-electron chi connectivity index (χ2n) is 7.69. The molecule has 1 aliphatic rings. The van der Waals surface area contributed by atoms with Gasteiger partial charge in [0.2, 0.25) is 0 Å². The first-order valence-corrected chi connectivity index (χ1v) is 10.8. The molecule has 1 saturated heterocycles. The van der Waals surface area contributed by atoms with Gasteiger partial charge in [-0.3, -0.25) is 9.59 Å². The fourth-order valence-electron chi connectivity index (χ4n) is 3.46. The first-order valence-electron chi connectivity index (χ1n) is 10.4. The molecule has 3 N–H and O–H groups in total. The Bertz CT molecular complexity index is 990. The lowest BCUT2D eigenvalue weighted by Gasteiger charge is -2.32. The maximum atomic E-state index is 12.5. The van der Waals surface area contributed by atoms with E-state index in [1.165, 1.54) is 0 Å². The normalized spacial score (nSPS) is 13.9. The van der Waals surface area contributed by atoms with E-state index in [9.17, 15) is 14.4 Å². The van der Waals surface area contributed by atoms with Crippen LogP contribution in [0.15, 0.2) is 42.5 Å². The number of piperidine rings is 1. The van der Waals surface area contributed by atoms with Crippen LogP contribution >= 0.6 is 11.6 Å². The van der Waals surface area contributed by atoms with Crippen LogP contribution in [0.4, 0.5) is 16.2 Å². The van der Waals surface area contributed by atoms with Crippen LogP contribution < -0.4 is 20.7 Å². The van der Waals surface area contributed by atoms with Gasteiger partial charge in [-0.15, -0.1) is 0 Å². The standard InChI is InChI=1S/C23H27ClN4O4/c1-15-7-8-17(13-18(15)24)26-22(30)21(29)25-14-16-9-11-28(12-10-16)23(31)27-19-5-3-4-6-20(19)32-2/h3-8,13,16H,9-12,14H2,1-2H3,(H,25,29)(H,26,30)(H,27,31). The number of anilines is 2. The number of nitrogens with one attached hydrogen (secondary N) is 3. The molecule has 9 heteroatoms. The Balaban J connectivity index is 1.41. The molecule has 3 rings (SSSR count). The molecule has 1 aliphatic heterocycles. The smallest absolute Gasteiger partial charge is 0.321 e. The van der Waals surface area contributed by atoms with E-state index in [1.807, 2.05) is 19.1 Å². The van der Waals surface area contributed by atoms with Gasteiger partial charge in [-0.1, -0.05) is 29.8 Å². The highest BCUT2D eigenvalue weighted by molar-refractivity contribution is 6.39. The first kappa shape index (κ1) is 23.4. The molecule has 0 aliphatic carbocycles. The lowest BCUT2D eigenvalue weighted by molar-refractivity contribution is -0.136. The molecule has 0 bridgehead atoms. The van der Waals surface area contributed by atoms with Gasteiger partial charge in [0.15, 0.2) is 0 Å². The van der Waals surface area contributed by atoms with Gasteiger partial charge in [0.25, 0.3) is 0 Å². The Hall–Kier alpha value is -3.26. The number of rotatable bonds is 5. The third-order valence-electron chi connectivity index (χ3n) is 5.44. The molecule has 0 aromatic heterocycles. The number of hydrogen-bond acceptors (Lipinski definition) is 4. The molecule has 0 saturated carbocycles. The van der Waals surface area contributed by atoms with Crippen LogP contribution in [0, 0.1) is 12.8 Å². The summed E-state index contributed by atoms with van der Waals surface area (Å²) in [5.41, 5.74) is 1.97. The van der Waals surface area contributed by atoms with E-state index in [0.717, 1.165) is 18.4 Å². The zero-order valence-electron chi connectivity index (χ0n) is 18.1. The molecule has 2 aromatic rings. The van der Waals surface area contributed by atoms with E-state index >= 15 is 0 Å². The summed E-state index contributed by atoms with van der Waals surface area (Å²) in [7, 11) is 1.56. The molecule has 0 unspecified atom stereocenters. The SMILES string of the molecule is COc1ccccc1NC(=O)N1CCC(CNC(=O)C(=O)Nc2ccc(C)c(Cl)c2)CC1. The number of para-hydroxylation sites is 2. The topological polar surface area (TPSA) is 99.8 Å². The Morgan fingerprint density at radius 1 is 1.06 bits per heavy atom. The number of likely N-dealkylation sites (tertiary alicyclic amines) is 1. The Kier molecular flexibility index (Phi) is 7.94. The van der Waals surface area contributed by atoms with Crippen molar-refractivity contribution in [3.05, 3.63) is 53.1 Å². The van der Waals surface area contributed by atoms with Crippen LogP contribution in [-0.4, -0.2) is 49.5 Å². The number of ether oxygens (including phenoxy) is 1. The summed E-state index contributed by atoms with van der Waals surface area (Å²) in [6.45, 7) is 3.36. The van der Waals surface area contributed by atoms with Crippen molar-refractivity contribution in [2.75, 3.05) is 37.4 Å². The highest BCUT2D eigenvalue weighted by Gasteiger charge is 2.24. The van der Waals surface area contributed by atoms with Gasteiger partial charge in [0.05, 0.1) is 12.8 Å². The Morgan fingerprint density at radius 3 is 2.47 bits per heavy atom. The average Bonchev–Trinajstić information content (AvgIpc) is 2.80. The van der Waals surface area contributed by atoms with Gasteiger partial charge in [0.1, 0.15) is 5.75 Å². The van der Waals surface area contributed by atoms with Crippen LogP contribution in [0.2, 0.25) is 5.02 Å². The Labute approximate surface area is 192 Å². The fourth-order valence-corrected chi connectivity index (χ4v) is 3.64. The molecule has 2 aromatic carbocycles. The number of halogens is 1. The van der Waals surface area contributed by atoms with Crippen molar-refractivity contribution < 1.29 is 19.1 Å². The summed E-state index contributed by atoms with van der Waals surface area (Å²) < 4.78 is 5.26. The number of urea groups is 1. The summed E-state index contributed by atoms with van der Waals surface area (Å²) in [4.78, 5) is 38.5. The third kappa shape index (κ3) is 6.13. The molecular formula is C23H27ClN4O4. The minimum atomic E-state index is -0.737. The predicted molar refractivity (Wildman–Crippen MR) is 124 cm³/mol. The number of nitrogens with zero attached hydrogens (tertiary/aromatic N) is 1. The molecule has 0 radical (unpaired) electrons. The molecule has 0 spiro atoms. The summed E-state index contributed by atoms with van der Waals surface area (Å²) >= 11 is 6.04. The van der Waals surface area contributed by atoms with Gasteiger partial charge < -0.3 is 25.6 Å². The van der Waals surface area contributed by atoms with E-state index in [-0.39, 0.29) is 11.9 Å². The van der Waals surface area contributed by atoms with Gasteiger partial charge in [0, 0.05) is 30.3 Å². The van der Waals surface area contributed by atoms with Crippen molar-refractivity contribution >= 4 is 40.8 Å². The highest BCUT2D eigenvalue weighted by atomic mass is 35.5. The van der Waals surface area contributed by atoms with Crippen LogP contribution in [0.1, 0.15) is 18.4 Å². The molecule has 8 nitrogen and oxygen atoms in total. The summed E-state index contributed by atoms with van der Waals surface area (Å²) in [5.74, 6) is -0.642. The first-order chi connectivity index (χ1) is 15.4. The van der Waals surface area contributed by atoms with Crippen molar-refractivity contribution in [3.8, 4) is 5.75 Å². The second-order valence-corrected chi connectivity index (χ2v) is 8.10. The van der Waals surface area contributed by atoms with Crippen molar-refractivity contribution in [3.63, 3.8) is 0 Å². The molecule has 1 fully saturated rings. The molecule has 170 valence electrons. The van der Waals surface area contributed by atoms with Gasteiger partial charge in [-0.25, -0.2) is 4.79 Å². The molecular weight excluding hydrogens is 432 g/mol. The molecule has 0 atom stereocenters. The second kappa shape index (κ2) is 10.9. The van der Waals surface area contributed by atoms with E-state index < -0.39 is 11.8 Å². The lowest BCUT2D eigenvalue weighted by Crippen LogP contribution is -2.44. The summed E-state index contributed by atoms with van der Waals surface area (Å²) in [6, 6.07) is 12.1. The van der Waals surface area contributed by atoms with Crippen LogP contribution in [0.5, 0.6) is 5.75 Å². The average molecular weight is 459 g/mol. The van der Waals surface area contributed by atoms with Gasteiger partial charge in [-0.2, -0.15) is 0 Å². The number of benzene rings is 2. The summed E-state index contributed by atoms with van der Waals surface area (Å²) in [5, 5.41) is 8.61. The number of amides is 4. The van der Waals surface area contributed by atoms with Crippen molar-refractivity contribution in [2.45, 2.75) is 19.8 Å². The van der Waals surface area contributed by atoms with Crippen LogP contribution in [-0.2, 0) is 9.59 Å². The Morgan fingerprint density at radius 2 is 1.78 bits per heavy atom. The molecule has 4 amide bonds. The number of carbonyl (C=O) groups excluding carboxylic acids is 3. The molecule has 1 heterocycles. The zero-order chi connectivity index (χ0) is 23.1. The fraction of sp³-hybridized carbons (Fsp3) is 0.348. The highest BCUT2D eigenvalue weighted by Crippen LogP contribution is 2.24. The third-order valence-corrected chi connectivity index (χ3v) is 5.84. The lowest BCUT2D eigenvalue weighted by atomic mass is 9.97. The van der Waals surface area contributed by atoms with Crippen molar-refractivity contribution in [1.82, 2.24) is 10.2 Å². The van der Waals surface area contributed by atoms with E-state index in [0.29, 0.717) is 41.8 Å². The van der Waals surface area contributed by atoms with Gasteiger partial charge >= 0.3 is 17.8 Å². The number of aryl methyl sites for hydroxylation is 1. The zero-order valence-corrected chi connectivity index (χ0v) is 18.9. The van der Waals surface area contributed by atoms with E-state index in [1.54, 1.807) is 42.3 Å². The predicted octanol–water partition coefficient (Wildman–Crippen LogP) is 3.66. The van der Waals surface area contributed by atoms with Crippen LogP contribution in [0.3, 0.4) is 0 Å². The maximum absolute atomic E-state index is 12.5. The number of methoxy groups -OCH3 is 1. The maximum Gasteiger partial charge on any atom is 0.321 e. The minimum Gasteiger partial charge on any atom is -0.495 e. The van der Waals surface area contributed by atoms with Crippen molar-refractivity contribution in [1.29, 1.82) is 0 Å². The van der Waals surface area contributed by atoms with Crippen LogP contribution in [0.25, 0.3) is 0 Å². The summed E-state index contributed by atoms with van der Waals surface area (Å²) in [6.07, 6.45) is 1.46. The monoisotopic (exact) mass is 458 g/mol. The van der Waals surface area contributed by atoms with Crippen molar-refractivity contribution in [2.24, 2.45) is 5.92 Å². The largest absolute Gasteiger partial charge is 0.495 e.